The van der Waals surface area contributed by atoms with Gasteiger partial charge in [0.05, 0.1) is 4.92 Å². The van der Waals surface area contributed by atoms with Crippen molar-refractivity contribution >= 4 is 11.6 Å². The number of nitro benzene ring substituents is 1. The minimum Gasteiger partial charge on any atom is -0.352 e. The van der Waals surface area contributed by atoms with Crippen LogP contribution < -0.4 is 10.6 Å². The minimum atomic E-state index is -0.476. The summed E-state index contributed by atoms with van der Waals surface area (Å²) in [7, 11) is 0. The monoisotopic (exact) mass is 277 g/mol. The average molecular weight is 277 g/mol. The molecule has 1 aromatic carbocycles. The molecule has 0 spiro atoms. The van der Waals surface area contributed by atoms with Crippen LogP contribution in [0.4, 0.5) is 5.69 Å². The Balaban J connectivity index is 1.99. The molecule has 1 saturated heterocycles. The minimum absolute atomic E-state index is 0.0444. The summed E-state index contributed by atoms with van der Waals surface area (Å²) in [5.41, 5.74) is 1.02. The lowest BCUT2D eigenvalue weighted by Crippen LogP contribution is -2.36. The second-order valence-electron chi connectivity index (χ2n) is 5.22. The summed E-state index contributed by atoms with van der Waals surface area (Å²) in [6.07, 6.45) is 2.10. The number of carbonyl (C=O) groups excluding carboxylic acids is 1. The van der Waals surface area contributed by atoms with E-state index in [2.05, 4.69) is 10.6 Å². The predicted molar refractivity (Wildman–Crippen MR) is 75.8 cm³/mol. The largest absolute Gasteiger partial charge is 0.352 e. The summed E-state index contributed by atoms with van der Waals surface area (Å²) in [4.78, 5) is 22.4. The zero-order chi connectivity index (χ0) is 14.5. The fourth-order valence-corrected chi connectivity index (χ4v) is 2.42. The van der Waals surface area contributed by atoms with Crippen molar-refractivity contribution in [2.45, 2.75) is 19.8 Å². The van der Waals surface area contributed by atoms with Crippen LogP contribution in [0.2, 0.25) is 0 Å². The van der Waals surface area contributed by atoms with Crippen molar-refractivity contribution in [3.8, 4) is 0 Å². The summed E-state index contributed by atoms with van der Waals surface area (Å²) < 4.78 is 0. The second kappa shape index (κ2) is 6.47. The Morgan fingerprint density at radius 2 is 2.10 bits per heavy atom. The van der Waals surface area contributed by atoms with Gasteiger partial charge in [-0.2, -0.15) is 0 Å². The van der Waals surface area contributed by atoms with Gasteiger partial charge < -0.3 is 10.6 Å². The molecule has 1 amide bonds. The summed E-state index contributed by atoms with van der Waals surface area (Å²) in [6, 6.07) is 4.46. The van der Waals surface area contributed by atoms with Crippen LogP contribution in [0.25, 0.3) is 0 Å². The highest BCUT2D eigenvalue weighted by atomic mass is 16.6. The summed E-state index contributed by atoms with van der Waals surface area (Å²) in [5, 5.41) is 16.9. The lowest BCUT2D eigenvalue weighted by Gasteiger charge is -2.22. The molecule has 0 unspecified atom stereocenters. The van der Waals surface area contributed by atoms with E-state index in [0.29, 0.717) is 23.6 Å². The van der Waals surface area contributed by atoms with Crippen LogP contribution in [0.15, 0.2) is 18.2 Å². The van der Waals surface area contributed by atoms with E-state index in [1.165, 1.54) is 12.1 Å². The third-order valence-electron chi connectivity index (χ3n) is 3.55. The first-order chi connectivity index (χ1) is 9.56. The van der Waals surface area contributed by atoms with Gasteiger partial charge in [0, 0.05) is 24.2 Å². The smallest absolute Gasteiger partial charge is 0.270 e. The molecule has 1 aromatic rings. The Morgan fingerprint density at radius 1 is 1.40 bits per heavy atom. The maximum atomic E-state index is 12.1. The van der Waals surface area contributed by atoms with E-state index in [0.717, 1.165) is 25.9 Å². The van der Waals surface area contributed by atoms with Crippen molar-refractivity contribution in [2.75, 3.05) is 19.6 Å². The van der Waals surface area contributed by atoms with Crippen molar-refractivity contribution in [1.29, 1.82) is 0 Å². The first-order valence-electron chi connectivity index (χ1n) is 6.81. The van der Waals surface area contributed by atoms with Crippen LogP contribution in [0, 0.1) is 23.0 Å². The molecule has 0 radical (unpaired) electrons. The van der Waals surface area contributed by atoms with E-state index in [-0.39, 0.29) is 11.6 Å². The molecule has 0 aliphatic carbocycles. The first kappa shape index (κ1) is 14.5. The van der Waals surface area contributed by atoms with E-state index < -0.39 is 4.92 Å². The zero-order valence-corrected chi connectivity index (χ0v) is 11.5. The van der Waals surface area contributed by atoms with Crippen LogP contribution in [0.3, 0.4) is 0 Å². The Hall–Kier alpha value is -1.95. The van der Waals surface area contributed by atoms with Gasteiger partial charge in [-0.05, 0) is 50.4 Å². The van der Waals surface area contributed by atoms with Gasteiger partial charge in [-0.1, -0.05) is 0 Å². The number of hydrogen-bond donors (Lipinski definition) is 2. The highest BCUT2D eigenvalue weighted by Gasteiger charge is 2.16. The fourth-order valence-electron chi connectivity index (χ4n) is 2.42. The number of nitro groups is 1. The molecule has 0 aromatic heterocycles. The van der Waals surface area contributed by atoms with Gasteiger partial charge in [-0.25, -0.2) is 0 Å². The average Bonchev–Trinajstić information content (AvgIpc) is 2.45. The van der Waals surface area contributed by atoms with Crippen LogP contribution in [0.1, 0.15) is 28.8 Å². The number of piperidine rings is 1. The van der Waals surface area contributed by atoms with E-state index in [1.54, 1.807) is 13.0 Å². The molecule has 108 valence electrons. The third-order valence-corrected chi connectivity index (χ3v) is 3.55. The van der Waals surface area contributed by atoms with E-state index in [4.69, 9.17) is 0 Å². The SMILES string of the molecule is Cc1cc(C(=O)NCC2CCNCC2)cc([N+](=O)[O-])c1. The molecular formula is C14H19N3O3. The number of hydrogen-bond acceptors (Lipinski definition) is 4. The summed E-state index contributed by atoms with van der Waals surface area (Å²) in [6.45, 7) is 4.34. The van der Waals surface area contributed by atoms with Gasteiger partial charge in [0.15, 0.2) is 0 Å². The molecule has 6 nitrogen and oxygen atoms in total. The molecule has 1 aliphatic heterocycles. The van der Waals surface area contributed by atoms with Gasteiger partial charge in [-0.3, -0.25) is 14.9 Å². The topological polar surface area (TPSA) is 84.3 Å². The zero-order valence-electron chi connectivity index (χ0n) is 11.5. The van der Waals surface area contributed by atoms with Crippen LogP contribution in [0.5, 0.6) is 0 Å². The molecule has 2 rings (SSSR count). The van der Waals surface area contributed by atoms with Gasteiger partial charge in [-0.15, -0.1) is 0 Å². The molecular weight excluding hydrogens is 258 g/mol. The van der Waals surface area contributed by atoms with E-state index in [9.17, 15) is 14.9 Å². The summed E-state index contributed by atoms with van der Waals surface area (Å²) in [5.74, 6) is 0.246. The predicted octanol–water partition coefficient (Wildman–Crippen LogP) is 1.63. The Morgan fingerprint density at radius 3 is 2.75 bits per heavy atom. The van der Waals surface area contributed by atoms with E-state index in [1.807, 2.05) is 0 Å². The van der Waals surface area contributed by atoms with Crippen molar-refractivity contribution in [3.63, 3.8) is 0 Å². The lowest BCUT2D eigenvalue weighted by atomic mass is 9.98. The Kier molecular flexibility index (Phi) is 4.68. The number of amides is 1. The maximum Gasteiger partial charge on any atom is 0.270 e. The van der Waals surface area contributed by atoms with Crippen molar-refractivity contribution in [2.24, 2.45) is 5.92 Å². The quantitative estimate of drug-likeness (QED) is 0.647. The number of aryl methyl sites for hydroxylation is 1. The number of carbonyl (C=O) groups is 1. The first-order valence-corrected chi connectivity index (χ1v) is 6.81. The van der Waals surface area contributed by atoms with Crippen molar-refractivity contribution in [3.05, 3.63) is 39.4 Å². The molecule has 2 N–H and O–H groups in total. The number of non-ortho nitro benzene ring substituents is 1. The number of nitrogens with one attached hydrogen (secondary N) is 2. The standard InChI is InChI=1S/C14H19N3O3/c1-10-6-12(8-13(7-10)17(19)20)14(18)16-9-11-2-4-15-5-3-11/h6-8,11,15H,2-5,9H2,1H3,(H,16,18). The maximum absolute atomic E-state index is 12.1. The highest BCUT2D eigenvalue weighted by Crippen LogP contribution is 2.17. The Labute approximate surface area is 117 Å². The molecule has 20 heavy (non-hydrogen) atoms. The fraction of sp³-hybridized carbons (Fsp3) is 0.500. The lowest BCUT2D eigenvalue weighted by molar-refractivity contribution is -0.384. The highest BCUT2D eigenvalue weighted by molar-refractivity contribution is 5.95. The summed E-state index contributed by atoms with van der Waals surface area (Å²) >= 11 is 0. The van der Waals surface area contributed by atoms with Crippen molar-refractivity contribution < 1.29 is 9.72 Å². The molecule has 0 atom stereocenters. The van der Waals surface area contributed by atoms with Crippen LogP contribution in [-0.4, -0.2) is 30.5 Å². The van der Waals surface area contributed by atoms with Gasteiger partial charge in [0.25, 0.3) is 11.6 Å². The Bertz CT molecular complexity index is 510. The van der Waals surface area contributed by atoms with Crippen LogP contribution in [-0.2, 0) is 0 Å². The molecule has 1 aliphatic rings. The molecule has 1 fully saturated rings. The molecule has 1 heterocycles. The number of nitrogens with zero attached hydrogens (tertiary/aromatic N) is 1. The van der Waals surface area contributed by atoms with Gasteiger partial charge >= 0.3 is 0 Å². The van der Waals surface area contributed by atoms with Crippen molar-refractivity contribution in [1.82, 2.24) is 10.6 Å². The molecule has 6 heteroatoms. The normalized spacial score (nSPS) is 15.8. The van der Waals surface area contributed by atoms with E-state index >= 15 is 0 Å². The second-order valence-corrected chi connectivity index (χ2v) is 5.22. The number of benzene rings is 1. The molecule has 0 saturated carbocycles. The number of rotatable bonds is 4. The van der Waals surface area contributed by atoms with Crippen LogP contribution >= 0.6 is 0 Å². The third kappa shape index (κ3) is 3.77. The molecule has 0 bridgehead atoms. The van der Waals surface area contributed by atoms with Gasteiger partial charge in [0.1, 0.15) is 0 Å². The van der Waals surface area contributed by atoms with Gasteiger partial charge in [0.2, 0.25) is 0 Å².